The summed E-state index contributed by atoms with van der Waals surface area (Å²) >= 11 is 0. The third kappa shape index (κ3) is 5.64. The zero-order valence-electron chi connectivity index (χ0n) is 9.74. The number of hydrogen-bond donors (Lipinski definition) is 2. The van der Waals surface area contributed by atoms with Gasteiger partial charge in [0.05, 0.1) is 6.10 Å². The standard InChI is InChI=1S/C11H23NO2S/c1-9(7-8-15(2)14)12-10-3-5-11(13)6-4-10/h9-13H,3-8H2,1-2H3. The number of hydrogen-bond acceptors (Lipinski definition) is 3. The highest BCUT2D eigenvalue weighted by Gasteiger charge is 2.20. The first-order valence-corrected chi connectivity index (χ1v) is 7.54. The van der Waals surface area contributed by atoms with Gasteiger partial charge in [-0.05, 0) is 39.0 Å². The van der Waals surface area contributed by atoms with Crippen LogP contribution in [0, 0.1) is 0 Å². The van der Waals surface area contributed by atoms with E-state index in [0.29, 0.717) is 12.1 Å². The van der Waals surface area contributed by atoms with Crippen molar-refractivity contribution in [2.24, 2.45) is 0 Å². The van der Waals surface area contributed by atoms with Gasteiger partial charge in [-0.2, -0.15) is 0 Å². The van der Waals surface area contributed by atoms with Gasteiger partial charge in [-0.25, -0.2) is 0 Å². The molecular formula is C11H23NO2S. The second kappa shape index (κ2) is 6.61. The predicted molar refractivity (Wildman–Crippen MR) is 64.4 cm³/mol. The molecule has 0 amide bonds. The third-order valence-corrected chi connectivity index (χ3v) is 3.87. The minimum Gasteiger partial charge on any atom is -0.393 e. The van der Waals surface area contributed by atoms with Crippen LogP contribution in [0.25, 0.3) is 0 Å². The normalized spacial score (nSPS) is 31.1. The maximum Gasteiger partial charge on any atom is 0.0541 e. The molecule has 1 aliphatic carbocycles. The van der Waals surface area contributed by atoms with Crippen molar-refractivity contribution in [1.82, 2.24) is 5.32 Å². The summed E-state index contributed by atoms with van der Waals surface area (Å²) in [4.78, 5) is 0. The Kier molecular flexibility index (Phi) is 5.79. The van der Waals surface area contributed by atoms with Crippen molar-refractivity contribution >= 4 is 10.8 Å². The van der Waals surface area contributed by atoms with Gasteiger partial charge in [0, 0.05) is 34.9 Å². The quantitative estimate of drug-likeness (QED) is 0.746. The van der Waals surface area contributed by atoms with E-state index >= 15 is 0 Å². The van der Waals surface area contributed by atoms with Crippen LogP contribution < -0.4 is 5.32 Å². The Morgan fingerprint density at radius 3 is 2.53 bits per heavy atom. The van der Waals surface area contributed by atoms with Gasteiger partial charge in [0.1, 0.15) is 0 Å². The fourth-order valence-electron chi connectivity index (χ4n) is 2.07. The maximum atomic E-state index is 10.9. The van der Waals surface area contributed by atoms with Gasteiger partial charge in [-0.15, -0.1) is 0 Å². The average molecular weight is 233 g/mol. The van der Waals surface area contributed by atoms with E-state index < -0.39 is 10.8 Å². The molecule has 0 aliphatic heterocycles. The van der Waals surface area contributed by atoms with E-state index in [1.807, 2.05) is 0 Å². The van der Waals surface area contributed by atoms with Crippen LogP contribution in [0.4, 0.5) is 0 Å². The molecule has 1 rings (SSSR count). The summed E-state index contributed by atoms with van der Waals surface area (Å²) in [7, 11) is -0.678. The van der Waals surface area contributed by atoms with Crippen molar-refractivity contribution in [3.05, 3.63) is 0 Å². The van der Waals surface area contributed by atoms with E-state index in [-0.39, 0.29) is 6.10 Å². The van der Waals surface area contributed by atoms with Crippen LogP contribution in [0.5, 0.6) is 0 Å². The highest BCUT2D eigenvalue weighted by Crippen LogP contribution is 2.18. The smallest absolute Gasteiger partial charge is 0.0541 e. The Morgan fingerprint density at radius 1 is 1.40 bits per heavy atom. The lowest BCUT2D eigenvalue weighted by molar-refractivity contribution is 0.114. The molecule has 15 heavy (non-hydrogen) atoms. The van der Waals surface area contributed by atoms with Crippen molar-refractivity contribution in [3.8, 4) is 0 Å². The Morgan fingerprint density at radius 2 is 2.00 bits per heavy atom. The van der Waals surface area contributed by atoms with Crippen LogP contribution >= 0.6 is 0 Å². The van der Waals surface area contributed by atoms with Crippen LogP contribution in [0.2, 0.25) is 0 Å². The fourth-order valence-corrected chi connectivity index (χ4v) is 2.76. The van der Waals surface area contributed by atoms with Gasteiger partial charge in [-0.1, -0.05) is 0 Å². The summed E-state index contributed by atoms with van der Waals surface area (Å²) in [5.41, 5.74) is 0. The van der Waals surface area contributed by atoms with Crippen molar-refractivity contribution < 1.29 is 9.32 Å². The lowest BCUT2D eigenvalue weighted by atomic mass is 9.92. The van der Waals surface area contributed by atoms with E-state index in [2.05, 4.69) is 12.2 Å². The SMILES string of the molecule is CC(CCS(C)=O)NC1CCC(O)CC1. The van der Waals surface area contributed by atoms with E-state index in [0.717, 1.165) is 37.9 Å². The molecule has 1 saturated carbocycles. The summed E-state index contributed by atoms with van der Waals surface area (Å²) in [6.07, 6.45) is 6.63. The van der Waals surface area contributed by atoms with Crippen molar-refractivity contribution in [2.75, 3.05) is 12.0 Å². The molecule has 0 saturated heterocycles. The molecule has 0 aromatic heterocycles. The highest BCUT2D eigenvalue weighted by atomic mass is 32.2. The maximum absolute atomic E-state index is 10.9. The highest BCUT2D eigenvalue weighted by molar-refractivity contribution is 7.84. The number of aliphatic hydroxyl groups is 1. The molecule has 2 unspecified atom stereocenters. The molecule has 2 atom stereocenters. The molecule has 90 valence electrons. The monoisotopic (exact) mass is 233 g/mol. The lowest BCUT2D eigenvalue weighted by Gasteiger charge is -2.29. The minimum atomic E-state index is -0.678. The summed E-state index contributed by atoms with van der Waals surface area (Å²) in [6.45, 7) is 2.15. The van der Waals surface area contributed by atoms with Gasteiger partial charge in [0.15, 0.2) is 0 Å². The van der Waals surface area contributed by atoms with Gasteiger partial charge < -0.3 is 10.4 Å². The molecule has 0 bridgehead atoms. The first kappa shape index (κ1) is 13.1. The number of rotatable bonds is 5. The molecule has 2 N–H and O–H groups in total. The average Bonchev–Trinajstić information content (AvgIpc) is 2.19. The van der Waals surface area contributed by atoms with E-state index in [1.165, 1.54) is 0 Å². The summed E-state index contributed by atoms with van der Waals surface area (Å²) in [5.74, 6) is 0.781. The summed E-state index contributed by atoms with van der Waals surface area (Å²) in [5, 5.41) is 12.9. The van der Waals surface area contributed by atoms with Crippen molar-refractivity contribution in [3.63, 3.8) is 0 Å². The van der Waals surface area contributed by atoms with E-state index in [4.69, 9.17) is 0 Å². The lowest BCUT2D eigenvalue weighted by Crippen LogP contribution is -2.40. The van der Waals surface area contributed by atoms with Gasteiger partial charge >= 0.3 is 0 Å². The molecule has 1 aliphatic rings. The second-order valence-electron chi connectivity index (χ2n) is 4.64. The molecule has 1 fully saturated rings. The molecule has 4 heteroatoms. The van der Waals surface area contributed by atoms with Crippen LogP contribution in [-0.2, 0) is 10.8 Å². The third-order valence-electron chi connectivity index (χ3n) is 3.06. The van der Waals surface area contributed by atoms with Crippen LogP contribution in [-0.4, -0.2) is 39.5 Å². The molecule has 3 nitrogen and oxygen atoms in total. The molecule has 0 radical (unpaired) electrons. The van der Waals surface area contributed by atoms with Gasteiger partial charge in [0.25, 0.3) is 0 Å². The molecule has 0 heterocycles. The van der Waals surface area contributed by atoms with Gasteiger partial charge in [-0.3, -0.25) is 4.21 Å². The Labute approximate surface area is 95.1 Å². The minimum absolute atomic E-state index is 0.0819. The van der Waals surface area contributed by atoms with E-state index in [9.17, 15) is 9.32 Å². The molecule has 0 aromatic rings. The molecule has 0 spiro atoms. The number of aliphatic hydroxyl groups excluding tert-OH is 1. The second-order valence-corrected chi connectivity index (χ2v) is 6.19. The predicted octanol–water partition coefficient (Wildman–Crippen LogP) is 1.04. The zero-order chi connectivity index (χ0) is 11.3. The van der Waals surface area contributed by atoms with Crippen molar-refractivity contribution in [2.45, 2.75) is 57.2 Å². The van der Waals surface area contributed by atoms with Gasteiger partial charge in [0.2, 0.25) is 0 Å². The van der Waals surface area contributed by atoms with Crippen molar-refractivity contribution in [1.29, 1.82) is 0 Å². The van der Waals surface area contributed by atoms with Crippen LogP contribution in [0.3, 0.4) is 0 Å². The first-order valence-electron chi connectivity index (χ1n) is 5.82. The Hall–Kier alpha value is 0.0700. The molecule has 0 aromatic carbocycles. The largest absolute Gasteiger partial charge is 0.393 e. The fraction of sp³-hybridized carbons (Fsp3) is 1.00. The van der Waals surface area contributed by atoms with Crippen LogP contribution in [0.1, 0.15) is 39.0 Å². The Bertz CT molecular complexity index is 203. The first-order chi connectivity index (χ1) is 7.08. The molecular weight excluding hydrogens is 210 g/mol. The summed E-state index contributed by atoms with van der Waals surface area (Å²) < 4.78 is 10.9. The summed E-state index contributed by atoms with van der Waals surface area (Å²) in [6, 6.07) is 0.989. The van der Waals surface area contributed by atoms with E-state index in [1.54, 1.807) is 6.26 Å². The topological polar surface area (TPSA) is 49.3 Å². The number of nitrogens with one attached hydrogen (secondary N) is 1. The zero-order valence-corrected chi connectivity index (χ0v) is 10.6. The Balaban J connectivity index is 2.14. The van der Waals surface area contributed by atoms with Crippen LogP contribution in [0.15, 0.2) is 0 Å².